The molecule has 0 saturated heterocycles. The highest BCUT2D eigenvalue weighted by molar-refractivity contribution is 5.66. The maximum absolute atomic E-state index is 10.5. The van der Waals surface area contributed by atoms with E-state index in [0.29, 0.717) is 13.0 Å². The first-order valence-electron chi connectivity index (χ1n) is 9.55. The van der Waals surface area contributed by atoms with Crippen molar-refractivity contribution in [2.45, 2.75) is 65.4 Å². The normalized spacial score (nSPS) is 10.7. The fourth-order valence-electron chi connectivity index (χ4n) is 3.16. The van der Waals surface area contributed by atoms with E-state index in [0.717, 1.165) is 44.3 Å². The summed E-state index contributed by atoms with van der Waals surface area (Å²) in [6.45, 7) is 4.85. The van der Waals surface area contributed by atoms with E-state index in [1.54, 1.807) is 0 Å². The second kappa shape index (κ2) is 10.6. The minimum Gasteiger partial charge on any atom is -0.489 e. The largest absolute Gasteiger partial charge is 0.489 e. The Morgan fingerprint density at radius 1 is 0.923 bits per heavy atom. The molecule has 2 aromatic carbocycles. The van der Waals surface area contributed by atoms with Gasteiger partial charge in [-0.2, -0.15) is 0 Å². The lowest BCUT2D eigenvalue weighted by atomic mass is 10.0. The summed E-state index contributed by atoms with van der Waals surface area (Å²) >= 11 is 0. The van der Waals surface area contributed by atoms with Gasteiger partial charge in [-0.25, -0.2) is 0 Å². The molecule has 0 saturated carbocycles. The first kappa shape index (κ1) is 20.0. The van der Waals surface area contributed by atoms with Gasteiger partial charge in [-0.3, -0.25) is 4.79 Å². The SMILES string of the molecule is Cc1cccc(C)c1COc1cccc(CCCCCCCC(=O)O)c1. The molecule has 1 N–H and O–H groups in total. The Morgan fingerprint density at radius 3 is 2.31 bits per heavy atom. The third kappa shape index (κ3) is 6.91. The van der Waals surface area contributed by atoms with Crippen LogP contribution < -0.4 is 4.74 Å². The molecule has 0 unspecified atom stereocenters. The zero-order valence-corrected chi connectivity index (χ0v) is 16.0. The number of unbranched alkanes of at least 4 members (excludes halogenated alkanes) is 4. The van der Waals surface area contributed by atoms with Crippen LogP contribution in [0, 0.1) is 13.8 Å². The fraction of sp³-hybridized carbons (Fsp3) is 0.435. The minimum atomic E-state index is -0.692. The van der Waals surface area contributed by atoms with Crippen LogP contribution in [-0.4, -0.2) is 11.1 Å². The summed E-state index contributed by atoms with van der Waals surface area (Å²) in [6.07, 6.45) is 6.51. The van der Waals surface area contributed by atoms with Crippen molar-refractivity contribution in [2.75, 3.05) is 0 Å². The predicted molar refractivity (Wildman–Crippen MR) is 106 cm³/mol. The van der Waals surface area contributed by atoms with Crippen LogP contribution in [0.1, 0.15) is 60.8 Å². The van der Waals surface area contributed by atoms with Gasteiger partial charge < -0.3 is 9.84 Å². The third-order valence-electron chi connectivity index (χ3n) is 4.78. The number of ether oxygens (including phenoxy) is 1. The number of rotatable bonds is 11. The van der Waals surface area contributed by atoms with Gasteiger partial charge in [-0.1, -0.05) is 49.6 Å². The molecule has 2 aromatic rings. The zero-order valence-electron chi connectivity index (χ0n) is 16.0. The van der Waals surface area contributed by atoms with Crippen LogP contribution in [-0.2, 0) is 17.8 Å². The van der Waals surface area contributed by atoms with Crippen LogP contribution in [0.3, 0.4) is 0 Å². The minimum absolute atomic E-state index is 0.291. The number of carboxylic acids is 1. The summed E-state index contributed by atoms with van der Waals surface area (Å²) < 4.78 is 6.02. The highest BCUT2D eigenvalue weighted by atomic mass is 16.5. The molecule has 26 heavy (non-hydrogen) atoms. The van der Waals surface area contributed by atoms with E-state index in [-0.39, 0.29) is 0 Å². The van der Waals surface area contributed by atoms with E-state index in [2.05, 4.69) is 50.2 Å². The molecular formula is C23H30O3. The summed E-state index contributed by atoms with van der Waals surface area (Å²) in [7, 11) is 0. The fourth-order valence-corrected chi connectivity index (χ4v) is 3.16. The van der Waals surface area contributed by atoms with E-state index < -0.39 is 5.97 Å². The highest BCUT2D eigenvalue weighted by Crippen LogP contribution is 2.20. The lowest BCUT2D eigenvalue weighted by molar-refractivity contribution is -0.137. The van der Waals surface area contributed by atoms with Gasteiger partial charge in [0, 0.05) is 6.42 Å². The number of benzene rings is 2. The van der Waals surface area contributed by atoms with Crippen molar-refractivity contribution in [1.82, 2.24) is 0 Å². The molecule has 0 radical (unpaired) electrons. The quantitative estimate of drug-likeness (QED) is 0.515. The molecule has 0 atom stereocenters. The number of carbonyl (C=O) groups is 1. The highest BCUT2D eigenvalue weighted by Gasteiger charge is 2.04. The van der Waals surface area contributed by atoms with Gasteiger partial charge in [-0.05, 0) is 67.5 Å². The number of aryl methyl sites for hydroxylation is 3. The van der Waals surface area contributed by atoms with E-state index in [4.69, 9.17) is 9.84 Å². The van der Waals surface area contributed by atoms with Crippen molar-refractivity contribution < 1.29 is 14.6 Å². The summed E-state index contributed by atoms with van der Waals surface area (Å²) in [5, 5.41) is 8.63. The topological polar surface area (TPSA) is 46.5 Å². The molecule has 0 amide bonds. The monoisotopic (exact) mass is 354 g/mol. The van der Waals surface area contributed by atoms with Crippen molar-refractivity contribution in [3.05, 3.63) is 64.7 Å². The van der Waals surface area contributed by atoms with Gasteiger partial charge in [0.1, 0.15) is 12.4 Å². The van der Waals surface area contributed by atoms with Gasteiger partial charge in [0.2, 0.25) is 0 Å². The lowest BCUT2D eigenvalue weighted by Gasteiger charge is -2.12. The molecule has 2 rings (SSSR count). The van der Waals surface area contributed by atoms with Crippen molar-refractivity contribution in [2.24, 2.45) is 0 Å². The summed E-state index contributed by atoms with van der Waals surface area (Å²) in [5.41, 5.74) is 5.10. The van der Waals surface area contributed by atoms with E-state index in [9.17, 15) is 4.79 Å². The average Bonchev–Trinajstić information content (AvgIpc) is 2.60. The van der Waals surface area contributed by atoms with E-state index >= 15 is 0 Å². The smallest absolute Gasteiger partial charge is 0.303 e. The molecule has 0 aromatic heterocycles. The van der Waals surface area contributed by atoms with Gasteiger partial charge in [0.25, 0.3) is 0 Å². The zero-order chi connectivity index (χ0) is 18.8. The van der Waals surface area contributed by atoms with Gasteiger partial charge in [-0.15, -0.1) is 0 Å². The molecule has 3 nitrogen and oxygen atoms in total. The van der Waals surface area contributed by atoms with E-state index in [1.807, 2.05) is 6.07 Å². The predicted octanol–water partition coefficient (Wildman–Crippen LogP) is 5.85. The Morgan fingerprint density at radius 2 is 1.58 bits per heavy atom. The Balaban J connectivity index is 1.74. The molecule has 3 heteroatoms. The number of carboxylic acid groups (broad SMARTS) is 1. The molecule has 0 aliphatic carbocycles. The Bertz CT molecular complexity index is 686. The summed E-state index contributed by atoms with van der Waals surface area (Å²) in [4.78, 5) is 10.5. The Labute approximate surface area is 157 Å². The molecule has 0 spiro atoms. The van der Waals surface area contributed by atoms with Crippen molar-refractivity contribution >= 4 is 5.97 Å². The third-order valence-corrected chi connectivity index (χ3v) is 4.78. The first-order chi connectivity index (χ1) is 12.6. The average molecular weight is 354 g/mol. The number of hydrogen-bond acceptors (Lipinski definition) is 2. The van der Waals surface area contributed by atoms with Crippen molar-refractivity contribution in [1.29, 1.82) is 0 Å². The second-order valence-corrected chi connectivity index (χ2v) is 6.97. The van der Waals surface area contributed by atoms with Crippen molar-refractivity contribution in [3.63, 3.8) is 0 Å². The van der Waals surface area contributed by atoms with Gasteiger partial charge in [0.15, 0.2) is 0 Å². The van der Waals surface area contributed by atoms with Crippen molar-refractivity contribution in [3.8, 4) is 5.75 Å². The Kier molecular flexibility index (Phi) is 8.20. The van der Waals surface area contributed by atoms with Crippen LogP contribution in [0.4, 0.5) is 0 Å². The van der Waals surface area contributed by atoms with Crippen LogP contribution in [0.25, 0.3) is 0 Å². The molecule has 0 aliphatic rings. The molecule has 0 bridgehead atoms. The molecule has 0 fully saturated rings. The molecule has 0 aliphatic heterocycles. The van der Waals surface area contributed by atoms with Gasteiger partial charge in [0.05, 0.1) is 0 Å². The van der Waals surface area contributed by atoms with Crippen LogP contribution >= 0.6 is 0 Å². The summed E-state index contributed by atoms with van der Waals surface area (Å²) in [5.74, 6) is 0.231. The number of aliphatic carboxylic acids is 1. The van der Waals surface area contributed by atoms with Crippen LogP contribution in [0.2, 0.25) is 0 Å². The first-order valence-corrected chi connectivity index (χ1v) is 9.55. The summed E-state index contributed by atoms with van der Waals surface area (Å²) in [6, 6.07) is 14.7. The maximum atomic E-state index is 10.5. The Hall–Kier alpha value is -2.29. The maximum Gasteiger partial charge on any atom is 0.303 e. The molecule has 0 heterocycles. The number of hydrogen-bond donors (Lipinski definition) is 1. The second-order valence-electron chi connectivity index (χ2n) is 6.97. The van der Waals surface area contributed by atoms with Gasteiger partial charge >= 0.3 is 5.97 Å². The molecule has 140 valence electrons. The van der Waals surface area contributed by atoms with Crippen LogP contribution in [0.15, 0.2) is 42.5 Å². The standard InChI is InChI=1S/C23H30O3/c1-18-10-8-11-19(2)22(18)17-26-21-14-9-13-20(16-21)12-6-4-3-5-7-15-23(24)25/h8-11,13-14,16H,3-7,12,15,17H2,1-2H3,(H,24,25). The molecular weight excluding hydrogens is 324 g/mol. The lowest BCUT2D eigenvalue weighted by Crippen LogP contribution is -2.00. The van der Waals surface area contributed by atoms with Crippen LogP contribution in [0.5, 0.6) is 5.75 Å². The van der Waals surface area contributed by atoms with E-state index in [1.165, 1.54) is 22.3 Å².